The molecule has 0 bridgehead atoms. The Morgan fingerprint density at radius 2 is 1.62 bits per heavy atom. The average Bonchev–Trinajstić information content (AvgIpc) is 2.92. The zero-order chi connectivity index (χ0) is 26.6. The molecule has 2 aromatic carbocycles. The molecule has 0 unspecified atom stereocenters. The summed E-state index contributed by atoms with van der Waals surface area (Å²) in [6.45, 7) is 6.10. The Kier molecular flexibility index (Phi) is 10.8. The van der Waals surface area contributed by atoms with E-state index in [4.69, 9.17) is 5.73 Å². The summed E-state index contributed by atoms with van der Waals surface area (Å²) in [5.74, 6) is -1.29. The third kappa shape index (κ3) is 7.71. The van der Waals surface area contributed by atoms with Crippen molar-refractivity contribution in [3.05, 3.63) is 101 Å². The molecule has 0 aliphatic heterocycles. The first-order valence-corrected chi connectivity index (χ1v) is 13.0. The van der Waals surface area contributed by atoms with Gasteiger partial charge in [-0.15, -0.1) is 0 Å². The number of aromatic nitrogens is 1. The maximum atomic E-state index is 13.8. The van der Waals surface area contributed by atoms with Gasteiger partial charge in [0.25, 0.3) is 5.91 Å². The molecule has 1 heterocycles. The molecular formula is C30H38N4O3. The summed E-state index contributed by atoms with van der Waals surface area (Å²) in [6, 6.07) is 18.7. The Balaban J connectivity index is 2.02. The Hall–Kier alpha value is -3.55. The number of amides is 2. The van der Waals surface area contributed by atoms with Crippen molar-refractivity contribution in [1.82, 2.24) is 15.2 Å². The number of rotatable bonds is 14. The van der Waals surface area contributed by atoms with E-state index in [2.05, 4.69) is 10.3 Å². The van der Waals surface area contributed by atoms with Gasteiger partial charge in [0.05, 0.1) is 6.10 Å². The predicted molar refractivity (Wildman–Crippen MR) is 146 cm³/mol. The van der Waals surface area contributed by atoms with Crippen molar-refractivity contribution >= 4 is 11.8 Å². The standard InChI is InChI=1S/C30H38N4O3/c1-3-16-34(17-4-2)30(37)25-14-8-13-24(29(31)36)28(25)26(18-22-10-6-5-7-11-22)27(35)21-33-20-23-12-9-15-32-19-23/h5-15,19,26-27,33,35H,3-4,16-18,20-21H2,1-2H3,(H2,31,36)/t26-,27+/m1/s1. The molecular weight excluding hydrogens is 464 g/mol. The topological polar surface area (TPSA) is 109 Å². The fraction of sp³-hybridized carbons (Fsp3) is 0.367. The number of primary amides is 1. The van der Waals surface area contributed by atoms with E-state index < -0.39 is 17.9 Å². The first kappa shape index (κ1) is 28.0. The van der Waals surface area contributed by atoms with E-state index in [0.717, 1.165) is 24.0 Å². The lowest BCUT2D eigenvalue weighted by atomic mass is 9.81. The lowest BCUT2D eigenvalue weighted by Gasteiger charge is -2.29. The van der Waals surface area contributed by atoms with Gasteiger partial charge in [-0.3, -0.25) is 14.6 Å². The van der Waals surface area contributed by atoms with E-state index in [-0.39, 0.29) is 18.0 Å². The van der Waals surface area contributed by atoms with Crippen LogP contribution in [0.5, 0.6) is 0 Å². The minimum atomic E-state index is -0.880. The molecule has 196 valence electrons. The lowest BCUT2D eigenvalue weighted by molar-refractivity contribution is 0.0751. The largest absolute Gasteiger partial charge is 0.391 e. The molecule has 0 saturated heterocycles. The van der Waals surface area contributed by atoms with Gasteiger partial charge in [-0.2, -0.15) is 0 Å². The number of nitrogens with two attached hydrogens (primary N) is 1. The van der Waals surface area contributed by atoms with Crippen molar-refractivity contribution in [3.8, 4) is 0 Å². The number of nitrogens with one attached hydrogen (secondary N) is 1. The second kappa shape index (κ2) is 14.3. The average molecular weight is 503 g/mol. The molecule has 0 radical (unpaired) electrons. The quantitative estimate of drug-likeness (QED) is 0.310. The Bertz CT molecular complexity index is 1130. The summed E-state index contributed by atoms with van der Waals surface area (Å²) in [5.41, 5.74) is 9.01. The highest BCUT2D eigenvalue weighted by molar-refractivity contribution is 6.02. The minimum absolute atomic E-state index is 0.143. The van der Waals surface area contributed by atoms with E-state index in [1.54, 1.807) is 30.6 Å². The van der Waals surface area contributed by atoms with Crippen LogP contribution in [0.4, 0.5) is 0 Å². The first-order valence-electron chi connectivity index (χ1n) is 13.0. The van der Waals surface area contributed by atoms with Crippen molar-refractivity contribution in [2.24, 2.45) is 5.73 Å². The Morgan fingerprint density at radius 1 is 0.946 bits per heavy atom. The number of hydrogen-bond acceptors (Lipinski definition) is 5. The second-order valence-electron chi connectivity index (χ2n) is 9.28. The highest BCUT2D eigenvalue weighted by atomic mass is 16.3. The predicted octanol–water partition coefficient (Wildman–Crippen LogP) is 3.92. The molecule has 0 aliphatic rings. The van der Waals surface area contributed by atoms with Crippen LogP contribution in [0.15, 0.2) is 73.1 Å². The fourth-order valence-corrected chi connectivity index (χ4v) is 4.70. The van der Waals surface area contributed by atoms with Gasteiger partial charge in [0.2, 0.25) is 5.91 Å². The van der Waals surface area contributed by atoms with Crippen LogP contribution in [0.3, 0.4) is 0 Å². The number of carbonyl (C=O) groups is 2. The summed E-state index contributed by atoms with van der Waals surface area (Å²) in [5, 5.41) is 14.8. The van der Waals surface area contributed by atoms with Crippen molar-refractivity contribution in [2.45, 2.75) is 51.7 Å². The number of carbonyl (C=O) groups excluding carboxylic acids is 2. The molecule has 4 N–H and O–H groups in total. The third-order valence-electron chi connectivity index (χ3n) is 6.42. The van der Waals surface area contributed by atoms with Crippen LogP contribution in [0.1, 0.15) is 70.0 Å². The second-order valence-corrected chi connectivity index (χ2v) is 9.28. The lowest BCUT2D eigenvalue weighted by Crippen LogP contribution is -2.37. The van der Waals surface area contributed by atoms with Gasteiger partial charge in [0, 0.05) is 55.6 Å². The molecule has 1 aromatic heterocycles. The van der Waals surface area contributed by atoms with E-state index in [1.807, 2.05) is 61.2 Å². The van der Waals surface area contributed by atoms with Gasteiger partial charge >= 0.3 is 0 Å². The molecule has 0 saturated carbocycles. The van der Waals surface area contributed by atoms with Gasteiger partial charge in [0.15, 0.2) is 0 Å². The zero-order valence-corrected chi connectivity index (χ0v) is 21.8. The number of nitrogens with zero attached hydrogens (tertiary/aromatic N) is 2. The van der Waals surface area contributed by atoms with E-state index in [1.165, 1.54) is 0 Å². The molecule has 3 aromatic rings. The third-order valence-corrected chi connectivity index (χ3v) is 6.42. The number of aliphatic hydroxyl groups is 1. The van der Waals surface area contributed by atoms with Crippen LogP contribution >= 0.6 is 0 Å². The zero-order valence-electron chi connectivity index (χ0n) is 21.8. The van der Waals surface area contributed by atoms with E-state index in [9.17, 15) is 14.7 Å². The molecule has 7 heteroatoms. The van der Waals surface area contributed by atoms with Crippen LogP contribution in [0, 0.1) is 0 Å². The Morgan fingerprint density at radius 3 is 2.24 bits per heavy atom. The van der Waals surface area contributed by atoms with Crippen LogP contribution in [-0.2, 0) is 13.0 Å². The summed E-state index contributed by atoms with van der Waals surface area (Å²) < 4.78 is 0. The van der Waals surface area contributed by atoms with Gasteiger partial charge in [-0.1, -0.05) is 56.3 Å². The Labute approximate surface area is 219 Å². The van der Waals surface area contributed by atoms with E-state index >= 15 is 0 Å². The minimum Gasteiger partial charge on any atom is -0.391 e. The highest BCUT2D eigenvalue weighted by Gasteiger charge is 2.31. The van der Waals surface area contributed by atoms with Crippen molar-refractivity contribution < 1.29 is 14.7 Å². The van der Waals surface area contributed by atoms with Gasteiger partial charge in [-0.05, 0) is 54.2 Å². The fourth-order valence-electron chi connectivity index (χ4n) is 4.70. The number of hydrogen-bond donors (Lipinski definition) is 3. The summed E-state index contributed by atoms with van der Waals surface area (Å²) in [6.07, 6.45) is 4.71. The highest BCUT2D eigenvalue weighted by Crippen LogP contribution is 2.32. The maximum absolute atomic E-state index is 13.8. The molecule has 3 rings (SSSR count). The molecule has 7 nitrogen and oxygen atoms in total. The maximum Gasteiger partial charge on any atom is 0.254 e. The van der Waals surface area contributed by atoms with Crippen molar-refractivity contribution in [3.63, 3.8) is 0 Å². The molecule has 2 atom stereocenters. The van der Waals surface area contributed by atoms with Crippen LogP contribution in [0.25, 0.3) is 0 Å². The summed E-state index contributed by atoms with van der Waals surface area (Å²) >= 11 is 0. The normalized spacial score (nSPS) is 12.6. The smallest absolute Gasteiger partial charge is 0.254 e. The SMILES string of the molecule is CCCN(CCC)C(=O)c1cccc(C(N)=O)c1[C@H](Cc1ccccc1)[C@@H](O)CNCc1cccnc1. The van der Waals surface area contributed by atoms with Crippen molar-refractivity contribution in [2.75, 3.05) is 19.6 Å². The molecule has 37 heavy (non-hydrogen) atoms. The number of benzene rings is 2. The van der Waals surface area contributed by atoms with E-state index in [0.29, 0.717) is 37.2 Å². The van der Waals surface area contributed by atoms with Gasteiger partial charge in [0.1, 0.15) is 0 Å². The van der Waals surface area contributed by atoms with Crippen LogP contribution in [0.2, 0.25) is 0 Å². The number of pyridine rings is 1. The van der Waals surface area contributed by atoms with Crippen molar-refractivity contribution in [1.29, 1.82) is 0 Å². The molecule has 0 aliphatic carbocycles. The van der Waals surface area contributed by atoms with Gasteiger partial charge in [-0.25, -0.2) is 0 Å². The molecule has 0 fully saturated rings. The van der Waals surface area contributed by atoms with Crippen LogP contribution < -0.4 is 11.1 Å². The molecule has 2 amide bonds. The number of aliphatic hydroxyl groups excluding tert-OH is 1. The monoisotopic (exact) mass is 502 g/mol. The summed E-state index contributed by atoms with van der Waals surface area (Å²) in [7, 11) is 0. The van der Waals surface area contributed by atoms with Crippen LogP contribution in [-0.4, -0.2) is 52.5 Å². The van der Waals surface area contributed by atoms with Gasteiger partial charge < -0.3 is 21.1 Å². The summed E-state index contributed by atoms with van der Waals surface area (Å²) in [4.78, 5) is 32.3. The molecule has 0 spiro atoms. The first-order chi connectivity index (χ1) is 18.0.